The Morgan fingerprint density at radius 3 is 2.56 bits per heavy atom. The van der Waals surface area contributed by atoms with Crippen LogP contribution in [0, 0.1) is 5.82 Å². The second-order valence-electron chi connectivity index (χ2n) is 4.34. The van der Waals surface area contributed by atoms with Crippen LogP contribution in [-0.2, 0) is 0 Å². The van der Waals surface area contributed by atoms with E-state index in [1.807, 2.05) is 13.8 Å². The first-order valence-electron chi connectivity index (χ1n) is 5.63. The molecule has 0 spiro atoms. The van der Waals surface area contributed by atoms with E-state index in [0.29, 0.717) is 22.6 Å². The van der Waals surface area contributed by atoms with Crippen LogP contribution in [0.25, 0.3) is 11.3 Å². The topological polar surface area (TPSA) is 61.3 Å². The van der Waals surface area contributed by atoms with Crippen LogP contribution in [-0.4, -0.2) is 12.3 Å². The smallest absolute Gasteiger partial charge is 0.172 e. The number of hydrogen-bond donors (Lipinski definition) is 1. The summed E-state index contributed by atoms with van der Waals surface area (Å²) >= 11 is 0. The number of ether oxygens (including phenoxy) is 1. The fourth-order valence-corrected chi connectivity index (χ4v) is 1.79. The van der Waals surface area contributed by atoms with Crippen LogP contribution < -0.4 is 10.5 Å². The summed E-state index contributed by atoms with van der Waals surface area (Å²) in [4.78, 5) is 0. The van der Waals surface area contributed by atoms with Crippen molar-refractivity contribution >= 4 is 5.82 Å². The molecule has 0 atom stereocenters. The van der Waals surface area contributed by atoms with E-state index < -0.39 is 0 Å². The van der Waals surface area contributed by atoms with Gasteiger partial charge in [-0.15, -0.1) is 0 Å². The van der Waals surface area contributed by atoms with Crippen molar-refractivity contribution < 1.29 is 13.7 Å². The van der Waals surface area contributed by atoms with Gasteiger partial charge in [0.25, 0.3) is 0 Å². The van der Waals surface area contributed by atoms with Crippen LogP contribution in [0.1, 0.15) is 25.3 Å². The number of methoxy groups -OCH3 is 1. The van der Waals surface area contributed by atoms with E-state index >= 15 is 0 Å². The van der Waals surface area contributed by atoms with Crippen LogP contribution in [0.4, 0.5) is 10.2 Å². The normalized spacial score (nSPS) is 10.9. The van der Waals surface area contributed by atoms with Crippen molar-refractivity contribution in [3.05, 3.63) is 29.6 Å². The molecule has 0 bridgehead atoms. The van der Waals surface area contributed by atoms with E-state index in [4.69, 9.17) is 15.0 Å². The molecule has 5 heteroatoms. The largest absolute Gasteiger partial charge is 0.496 e. The molecule has 1 heterocycles. The molecule has 0 saturated carbocycles. The first-order chi connectivity index (χ1) is 8.52. The molecule has 96 valence electrons. The standard InChI is InChI=1S/C13H15FN2O2/c1-7(2)8-4-9(11(17-3)5-10(8)14)12-6-13(15)16-18-12/h4-7H,1-3H3,(H2,15,16). The molecule has 0 aliphatic heterocycles. The molecule has 2 N–H and O–H groups in total. The summed E-state index contributed by atoms with van der Waals surface area (Å²) in [5, 5.41) is 3.62. The Morgan fingerprint density at radius 2 is 2.06 bits per heavy atom. The predicted molar refractivity (Wildman–Crippen MR) is 67.0 cm³/mol. The van der Waals surface area contributed by atoms with Crippen molar-refractivity contribution in [2.75, 3.05) is 12.8 Å². The molecule has 0 amide bonds. The number of benzene rings is 1. The Bertz CT molecular complexity index is 564. The zero-order valence-corrected chi connectivity index (χ0v) is 10.5. The molecule has 1 aromatic heterocycles. The lowest BCUT2D eigenvalue weighted by molar-refractivity contribution is 0.403. The van der Waals surface area contributed by atoms with Gasteiger partial charge in [-0.25, -0.2) is 4.39 Å². The van der Waals surface area contributed by atoms with Gasteiger partial charge >= 0.3 is 0 Å². The highest BCUT2D eigenvalue weighted by molar-refractivity contribution is 5.68. The van der Waals surface area contributed by atoms with Crippen molar-refractivity contribution in [2.45, 2.75) is 19.8 Å². The van der Waals surface area contributed by atoms with Crippen LogP contribution >= 0.6 is 0 Å². The van der Waals surface area contributed by atoms with Gasteiger partial charge in [0.05, 0.1) is 12.7 Å². The van der Waals surface area contributed by atoms with Crippen LogP contribution in [0.5, 0.6) is 5.75 Å². The second kappa shape index (κ2) is 4.68. The highest BCUT2D eigenvalue weighted by Gasteiger charge is 2.17. The zero-order chi connectivity index (χ0) is 13.3. The van der Waals surface area contributed by atoms with Gasteiger partial charge in [0.15, 0.2) is 11.6 Å². The molecule has 18 heavy (non-hydrogen) atoms. The van der Waals surface area contributed by atoms with Gasteiger partial charge in [-0.2, -0.15) is 0 Å². The van der Waals surface area contributed by atoms with E-state index in [0.717, 1.165) is 0 Å². The lowest BCUT2D eigenvalue weighted by atomic mass is 9.98. The van der Waals surface area contributed by atoms with Crippen molar-refractivity contribution in [3.8, 4) is 17.1 Å². The Hall–Kier alpha value is -2.04. The van der Waals surface area contributed by atoms with Gasteiger partial charge in [0.2, 0.25) is 0 Å². The molecule has 0 saturated heterocycles. The number of nitrogen functional groups attached to an aromatic ring is 1. The van der Waals surface area contributed by atoms with Crippen LogP contribution in [0.15, 0.2) is 22.7 Å². The zero-order valence-electron chi connectivity index (χ0n) is 10.5. The summed E-state index contributed by atoms with van der Waals surface area (Å²) in [6, 6.07) is 4.64. The molecule has 4 nitrogen and oxygen atoms in total. The minimum atomic E-state index is -0.293. The summed E-state index contributed by atoms with van der Waals surface area (Å²) in [5.41, 5.74) is 6.76. The average Bonchev–Trinajstić information content (AvgIpc) is 2.74. The van der Waals surface area contributed by atoms with E-state index in [9.17, 15) is 4.39 Å². The lowest BCUT2D eigenvalue weighted by Crippen LogP contribution is -1.97. The molecule has 0 aliphatic rings. The Morgan fingerprint density at radius 1 is 1.33 bits per heavy atom. The van der Waals surface area contributed by atoms with Crippen molar-refractivity contribution in [1.82, 2.24) is 5.16 Å². The second-order valence-corrected chi connectivity index (χ2v) is 4.34. The number of nitrogens with two attached hydrogens (primary N) is 1. The Labute approximate surface area is 105 Å². The van der Waals surface area contributed by atoms with E-state index in [-0.39, 0.29) is 17.6 Å². The maximum atomic E-state index is 13.8. The highest BCUT2D eigenvalue weighted by atomic mass is 19.1. The minimum Gasteiger partial charge on any atom is -0.496 e. The summed E-state index contributed by atoms with van der Waals surface area (Å²) in [7, 11) is 1.48. The third kappa shape index (κ3) is 2.16. The van der Waals surface area contributed by atoms with Crippen LogP contribution in [0.3, 0.4) is 0 Å². The van der Waals surface area contributed by atoms with Crippen LogP contribution in [0.2, 0.25) is 0 Å². The van der Waals surface area contributed by atoms with Gasteiger partial charge in [-0.3, -0.25) is 0 Å². The molecular weight excluding hydrogens is 235 g/mol. The highest BCUT2D eigenvalue weighted by Crippen LogP contribution is 2.35. The van der Waals surface area contributed by atoms with Crippen molar-refractivity contribution in [3.63, 3.8) is 0 Å². The van der Waals surface area contributed by atoms with Gasteiger partial charge in [0.1, 0.15) is 11.6 Å². The molecule has 0 unspecified atom stereocenters. The quantitative estimate of drug-likeness (QED) is 0.908. The third-order valence-electron chi connectivity index (χ3n) is 2.73. The Balaban J connectivity index is 2.60. The summed E-state index contributed by atoms with van der Waals surface area (Å²) in [6.45, 7) is 3.84. The number of anilines is 1. The van der Waals surface area contributed by atoms with Crippen molar-refractivity contribution in [1.29, 1.82) is 0 Å². The number of nitrogens with zero attached hydrogens (tertiary/aromatic N) is 1. The molecule has 2 aromatic rings. The van der Waals surface area contributed by atoms with Gasteiger partial charge in [-0.05, 0) is 17.5 Å². The average molecular weight is 250 g/mol. The molecular formula is C13H15FN2O2. The number of hydrogen-bond acceptors (Lipinski definition) is 4. The minimum absolute atomic E-state index is 0.0647. The van der Waals surface area contributed by atoms with Gasteiger partial charge in [0, 0.05) is 12.1 Å². The molecule has 0 radical (unpaired) electrons. The van der Waals surface area contributed by atoms with E-state index in [2.05, 4.69) is 5.16 Å². The maximum absolute atomic E-state index is 13.8. The summed E-state index contributed by atoms with van der Waals surface area (Å²) in [5.74, 6) is 0.912. The molecule has 0 aliphatic carbocycles. The first kappa shape index (κ1) is 12.4. The lowest BCUT2D eigenvalue weighted by Gasteiger charge is -2.12. The Kier molecular flexibility index (Phi) is 3.23. The summed E-state index contributed by atoms with van der Waals surface area (Å²) < 4.78 is 24.1. The van der Waals surface area contributed by atoms with Gasteiger partial charge in [-0.1, -0.05) is 19.0 Å². The predicted octanol–water partition coefficient (Wildman–Crippen LogP) is 3.19. The number of rotatable bonds is 3. The SMILES string of the molecule is COc1cc(F)c(C(C)C)cc1-c1cc(N)no1. The molecule has 0 fully saturated rings. The molecule has 2 rings (SSSR count). The maximum Gasteiger partial charge on any atom is 0.172 e. The monoisotopic (exact) mass is 250 g/mol. The number of halogens is 1. The first-order valence-corrected chi connectivity index (χ1v) is 5.63. The summed E-state index contributed by atoms with van der Waals surface area (Å²) in [6.07, 6.45) is 0. The van der Waals surface area contributed by atoms with Gasteiger partial charge < -0.3 is 15.0 Å². The van der Waals surface area contributed by atoms with Crippen molar-refractivity contribution in [2.24, 2.45) is 0 Å². The third-order valence-corrected chi connectivity index (χ3v) is 2.73. The molecule has 1 aromatic carbocycles. The fourth-order valence-electron chi connectivity index (χ4n) is 1.79. The number of aromatic nitrogens is 1. The van der Waals surface area contributed by atoms with E-state index in [1.165, 1.54) is 13.2 Å². The fraction of sp³-hybridized carbons (Fsp3) is 0.308. The van der Waals surface area contributed by atoms with E-state index in [1.54, 1.807) is 12.1 Å².